The molecule has 24 heavy (non-hydrogen) atoms. The predicted octanol–water partition coefficient (Wildman–Crippen LogP) is 6.42. The molecule has 0 amide bonds. The van der Waals surface area contributed by atoms with Gasteiger partial charge < -0.3 is 0 Å². The topological polar surface area (TPSA) is 0 Å². The molecule has 0 saturated heterocycles. The minimum Gasteiger partial charge on any atom is -0.206 e. The SMILES string of the molecule is CCc1ccc(-c2cc(F)c(-c3ccc(CC)cc3)cc2F)cc1. The van der Waals surface area contributed by atoms with E-state index in [-0.39, 0.29) is 0 Å². The first-order chi connectivity index (χ1) is 11.6. The summed E-state index contributed by atoms with van der Waals surface area (Å²) in [4.78, 5) is 0. The summed E-state index contributed by atoms with van der Waals surface area (Å²) in [7, 11) is 0. The number of benzene rings is 3. The summed E-state index contributed by atoms with van der Waals surface area (Å²) in [5.74, 6) is -0.814. The highest BCUT2D eigenvalue weighted by atomic mass is 19.1. The third kappa shape index (κ3) is 3.23. The van der Waals surface area contributed by atoms with Crippen LogP contribution in [0.15, 0.2) is 60.7 Å². The maximum Gasteiger partial charge on any atom is 0.131 e. The predicted molar refractivity (Wildman–Crippen MR) is 96.0 cm³/mol. The first-order valence-electron chi connectivity index (χ1n) is 8.30. The lowest BCUT2D eigenvalue weighted by Gasteiger charge is -2.10. The van der Waals surface area contributed by atoms with Crippen molar-refractivity contribution in [1.29, 1.82) is 0 Å². The van der Waals surface area contributed by atoms with Gasteiger partial charge in [0.2, 0.25) is 0 Å². The molecule has 0 aliphatic heterocycles. The fraction of sp³-hybridized carbons (Fsp3) is 0.182. The Bertz CT molecular complexity index is 758. The van der Waals surface area contributed by atoms with Gasteiger partial charge in [-0.2, -0.15) is 0 Å². The van der Waals surface area contributed by atoms with Crippen LogP contribution in [0.5, 0.6) is 0 Å². The van der Waals surface area contributed by atoms with E-state index in [1.54, 1.807) is 0 Å². The maximum atomic E-state index is 14.6. The summed E-state index contributed by atoms with van der Waals surface area (Å²) < 4.78 is 29.1. The van der Waals surface area contributed by atoms with Gasteiger partial charge in [0.25, 0.3) is 0 Å². The van der Waals surface area contributed by atoms with Crippen molar-refractivity contribution in [2.45, 2.75) is 26.7 Å². The van der Waals surface area contributed by atoms with E-state index in [1.165, 1.54) is 23.3 Å². The quantitative estimate of drug-likeness (QED) is 0.519. The first kappa shape index (κ1) is 16.4. The lowest BCUT2D eigenvalue weighted by molar-refractivity contribution is 0.606. The van der Waals surface area contributed by atoms with E-state index in [0.29, 0.717) is 22.3 Å². The van der Waals surface area contributed by atoms with Gasteiger partial charge in [-0.3, -0.25) is 0 Å². The third-order valence-corrected chi connectivity index (χ3v) is 4.40. The third-order valence-electron chi connectivity index (χ3n) is 4.40. The summed E-state index contributed by atoms with van der Waals surface area (Å²) in [5, 5.41) is 0. The van der Waals surface area contributed by atoms with Crippen molar-refractivity contribution in [2.24, 2.45) is 0 Å². The minimum atomic E-state index is -0.407. The average molecular weight is 322 g/mol. The zero-order valence-electron chi connectivity index (χ0n) is 13.9. The highest BCUT2D eigenvalue weighted by Crippen LogP contribution is 2.31. The number of rotatable bonds is 4. The molecule has 0 aliphatic rings. The Kier molecular flexibility index (Phi) is 4.75. The van der Waals surface area contributed by atoms with Gasteiger partial charge in [-0.1, -0.05) is 62.4 Å². The van der Waals surface area contributed by atoms with Gasteiger partial charge in [-0.15, -0.1) is 0 Å². The summed E-state index contributed by atoms with van der Waals surface area (Å²) in [6.45, 7) is 4.13. The van der Waals surface area contributed by atoms with Crippen LogP contribution < -0.4 is 0 Å². The van der Waals surface area contributed by atoms with Crippen LogP contribution in [0.2, 0.25) is 0 Å². The zero-order valence-corrected chi connectivity index (χ0v) is 13.9. The second-order valence-corrected chi connectivity index (χ2v) is 5.91. The van der Waals surface area contributed by atoms with Gasteiger partial charge >= 0.3 is 0 Å². The number of hydrogen-bond acceptors (Lipinski definition) is 0. The second kappa shape index (κ2) is 6.96. The average Bonchev–Trinajstić information content (AvgIpc) is 2.63. The smallest absolute Gasteiger partial charge is 0.131 e. The van der Waals surface area contributed by atoms with E-state index in [2.05, 4.69) is 13.8 Å². The van der Waals surface area contributed by atoms with Gasteiger partial charge in [0, 0.05) is 11.1 Å². The molecule has 0 unspecified atom stereocenters. The first-order valence-corrected chi connectivity index (χ1v) is 8.30. The van der Waals surface area contributed by atoms with E-state index in [0.717, 1.165) is 12.8 Å². The Balaban J connectivity index is 2.01. The normalized spacial score (nSPS) is 10.8. The van der Waals surface area contributed by atoms with E-state index in [1.807, 2.05) is 48.5 Å². The van der Waals surface area contributed by atoms with Gasteiger partial charge in [-0.25, -0.2) is 8.78 Å². The van der Waals surface area contributed by atoms with Gasteiger partial charge in [0.05, 0.1) is 0 Å². The molecule has 0 radical (unpaired) electrons. The molecule has 0 fully saturated rings. The summed E-state index contributed by atoms with van der Waals surface area (Å²) in [5.41, 5.74) is 4.32. The molecule has 3 rings (SSSR count). The molecular weight excluding hydrogens is 302 g/mol. The van der Waals surface area contributed by atoms with E-state index in [9.17, 15) is 8.78 Å². The van der Waals surface area contributed by atoms with Crippen LogP contribution in [0.1, 0.15) is 25.0 Å². The Morgan fingerprint density at radius 2 is 0.917 bits per heavy atom. The highest BCUT2D eigenvalue weighted by molar-refractivity contribution is 5.72. The molecule has 0 heterocycles. The summed E-state index contributed by atoms with van der Waals surface area (Å²) in [6.07, 6.45) is 1.84. The van der Waals surface area contributed by atoms with Crippen molar-refractivity contribution >= 4 is 0 Å². The van der Waals surface area contributed by atoms with Crippen LogP contribution in [0.25, 0.3) is 22.3 Å². The summed E-state index contributed by atoms with van der Waals surface area (Å²) >= 11 is 0. The van der Waals surface area contributed by atoms with Gasteiger partial charge in [0.15, 0.2) is 0 Å². The molecular formula is C22H20F2. The van der Waals surface area contributed by atoms with E-state index >= 15 is 0 Å². The van der Waals surface area contributed by atoms with E-state index < -0.39 is 11.6 Å². The van der Waals surface area contributed by atoms with Crippen LogP contribution in [0.4, 0.5) is 8.78 Å². The van der Waals surface area contributed by atoms with Crippen LogP contribution in [0.3, 0.4) is 0 Å². The lowest BCUT2D eigenvalue weighted by Crippen LogP contribution is -1.92. The Hall–Kier alpha value is -2.48. The fourth-order valence-electron chi connectivity index (χ4n) is 2.83. The molecule has 3 aromatic rings. The largest absolute Gasteiger partial charge is 0.206 e. The Morgan fingerprint density at radius 3 is 1.21 bits per heavy atom. The van der Waals surface area contributed by atoms with Gasteiger partial charge in [-0.05, 0) is 47.2 Å². The fourth-order valence-corrected chi connectivity index (χ4v) is 2.83. The van der Waals surface area contributed by atoms with Crippen LogP contribution in [-0.4, -0.2) is 0 Å². The second-order valence-electron chi connectivity index (χ2n) is 5.91. The Morgan fingerprint density at radius 1 is 0.583 bits per heavy atom. The molecule has 0 aliphatic carbocycles. The Labute approximate surface area is 141 Å². The molecule has 2 heteroatoms. The molecule has 0 nitrogen and oxygen atoms in total. The molecule has 0 aromatic heterocycles. The minimum absolute atomic E-state index is 0.295. The monoisotopic (exact) mass is 322 g/mol. The van der Waals surface area contributed by atoms with Crippen LogP contribution >= 0.6 is 0 Å². The number of aryl methyl sites for hydroxylation is 2. The molecule has 122 valence electrons. The highest BCUT2D eigenvalue weighted by Gasteiger charge is 2.13. The lowest BCUT2D eigenvalue weighted by atomic mass is 9.97. The molecule has 0 N–H and O–H groups in total. The number of halogens is 2. The van der Waals surface area contributed by atoms with E-state index in [4.69, 9.17) is 0 Å². The van der Waals surface area contributed by atoms with Crippen LogP contribution in [-0.2, 0) is 12.8 Å². The van der Waals surface area contributed by atoms with Crippen molar-refractivity contribution in [3.8, 4) is 22.3 Å². The molecule has 3 aromatic carbocycles. The molecule has 0 spiro atoms. The maximum absolute atomic E-state index is 14.6. The van der Waals surface area contributed by atoms with Crippen LogP contribution in [0, 0.1) is 11.6 Å². The van der Waals surface area contributed by atoms with Crippen molar-refractivity contribution in [2.75, 3.05) is 0 Å². The standard InChI is InChI=1S/C22H20F2/c1-3-15-5-9-17(10-6-15)19-13-22(24)20(14-21(19)23)18-11-7-16(4-2)8-12-18/h5-14H,3-4H2,1-2H3. The molecule has 0 saturated carbocycles. The zero-order chi connectivity index (χ0) is 17.1. The van der Waals surface area contributed by atoms with Crippen molar-refractivity contribution in [3.05, 3.63) is 83.4 Å². The van der Waals surface area contributed by atoms with Crippen molar-refractivity contribution in [3.63, 3.8) is 0 Å². The molecule has 0 atom stereocenters. The van der Waals surface area contributed by atoms with Crippen molar-refractivity contribution in [1.82, 2.24) is 0 Å². The van der Waals surface area contributed by atoms with Crippen molar-refractivity contribution < 1.29 is 8.78 Å². The molecule has 0 bridgehead atoms. The van der Waals surface area contributed by atoms with Gasteiger partial charge in [0.1, 0.15) is 11.6 Å². The summed E-state index contributed by atoms with van der Waals surface area (Å²) in [6, 6.07) is 17.7. The number of hydrogen-bond donors (Lipinski definition) is 0.